The first kappa shape index (κ1) is 22.3. The van der Waals surface area contributed by atoms with E-state index in [-0.39, 0.29) is 0 Å². The summed E-state index contributed by atoms with van der Waals surface area (Å²) in [5, 5.41) is 0. The standard InChI is InChI=1S/C25H44/c1-2-3-4-5-6-7-8-9-10-11-12-13-14-15-16-17-19-22-25-23-20-18-21-24-25/h18,20-21,23-24H,2-17,19,22H2,1H3. The summed E-state index contributed by atoms with van der Waals surface area (Å²) in [4.78, 5) is 0. The predicted molar refractivity (Wildman–Crippen MR) is 114 cm³/mol. The van der Waals surface area contributed by atoms with Crippen molar-refractivity contribution in [3.63, 3.8) is 0 Å². The first-order chi connectivity index (χ1) is 12.4. The quantitative estimate of drug-likeness (QED) is 0.233. The summed E-state index contributed by atoms with van der Waals surface area (Å²) in [6.07, 6.45) is 25.9. The number of rotatable bonds is 18. The Hall–Kier alpha value is -0.780. The first-order valence-electron chi connectivity index (χ1n) is 11.5. The lowest BCUT2D eigenvalue weighted by atomic mass is 10.0. The largest absolute Gasteiger partial charge is 0.0654 e. The highest BCUT2D eigenvalue weighted by Gasteiger charge is 1.95. The Morgan fingerprint density at radius 3 is 1.20 bits per heavy atom. The van der Waals surface area contributed by atoms with Crippen LogP contribution in [0.25, 0.3) is 0 Å². The average Bonchev–Trinajstić information content (AvgIpc) is 2.65. The van der Waals surface area contributed by atoms with Gasteiger partial charge in [-0.05, 0) is 18.4 Å². The maximum absolute atomic E-state index is 2.30. The summed E-state index contributed by atoms with van der Waals surface area (Å²) in [5.41, 5.74) is 1.50. The zero-order valence-electron chi connectivity index (χ0n) is 17.1. The molecule has 1 aromatic carbocycles. The lowest BCUT2D eigenvalue weighted by Gasteiger charge is -2.04. The summed E-state index contributed by atoms with van der Waals surface area (Å²) in [6, 6.07) is 10.9. The van der Waals surface area contributed by atoms with Crippen LogP contribution in [-0.2, 0) is 6.42 Å². The predicted octanol–water partition coefficient (Wildman–Crippen LogP) is 8.88. The highest BCUT2D eigenvalue weighted by atomic mass is 14.0. The smallest absolute Gasteiger partial charge is 0.0279 e. The molecule has 0 bridgehead atoms. The van der Waals surface area contributed by atoms with E-state index in [0.29, 0.717) is 0 Å². The first-order valence-corrected chi connectivity index (χ1v) is 11.5. The molecule has 0 aromatic heterocycles. The molecule has 0 unspecified atom stereocenters. The molecule has 144 valence electrons. The minimum atomic E-state index is 1.26. The van der Waals surface area contributed by atoms with Crippen molar-refractivity contribution < 1.29 is 0 Å². The Labute approximate surface area is 158 Å². The minimum absolute atomic E-state index is 1.26. The topological polar surface area (TPSA) is 0 Å². The zero-order chi connectivity index (χ0) is 17.8. The van der Waals surface area contributed by atoms with Crippen LogP contribution < -0.4 is 0 Å². The molecular formula is C25H44. The van der Waals surface area contributed by atoms with Crippen molar-refractivity contribution >= 4 is 0 Å². The molecule has 0 heteroatoms. The van der Waals surface area contributed by atoms with Gasteiger partial charge < -0.3 is 0 Å². The summed E-state index contributed by atoms with van der Waals surface area (Å²) in [7, 11) is 0. The Kier molecular flexibility index (Phi) is 16.0. The summed E-state index contributed by atoms with van der Waals surface area (Å²) in [6.45, 7) is 2.30. The van der Waals surface area contributed by atoms with Crippen LogP contribution in [0.1, 0.15) is 122 Å². The van der Waals surface area contributed by atoms with Gasteiger partial charge in [-0.1, -0.05) is 140 Å². The van der Waals surface area contributed by atoms with Gasteiger partial charge in [0, 0.05) is 0 Å². The fourth-order valence-corrected chi connectivity index (χ4v) is 3.70. The lowest BCUT2D eigenvalue weighted by molar-refractivity contribution is 0.527. The lowest BCUT2D eigenvalue weighted by Crippen LogP contribution is -1.86. The van der Waals surface area contributed by atoms with Crippen molar-refractivity contribution in [1.82, 2.24) is 0 Å². The second-order valence-electron chi connectivity index (χ2n) is 7.89. The zero-order valence-corrected chi connectivity index (χ0v) is 17.1. The third kappa shape index (κ3) is 15.2. The van der Waals surface area contributed by atoms with Crippen LogP contribution in [0.2, 0.25) is 0 Å². The van der Waals surface area contributed by atoms with Crippen LogP contribution in [0.3, 0.4) is 0 Å². The normalized spacial score (nSPS) is 11.1. The number of hydrogen-bond acceptors (Lipinski definition) is 0. The van der Waals surface area contributed by atoms with Crippen molar-refractivity contribution in [2.75, 3.05) is 0 Å². The Bertz CT molecular complexity index is 354. The van der Waals surface area contributed by atoms with Crippen LogP contribution in [0, 0.1) is 0 Å². The molecule has 1 rings (SSSR count). The van der Waals surface area contributed by atoms with E-state index in [1.165, 1.54) is 121 Å². The van der Waals surface area contributed by atoms with Crippen LogP contribution in [-0.4, -0.2) is 0 Å². The molecule has 0 heterocycles. The van der Waals surface area contributed by atoms with E-state index in [9.17, 15) is 0 Å². The molecule has 1 aromatic rings. The van der Waals surface area contributed by atoms with Gasteiger partial charge in [-0.2, -0.15) is 0 Å². The number of unbranched alkanes of at least 4 members (excludes halogenated alkanes) is 16. The highest BCUT2D eigenvalue weighted by Crippen LogP contribution is 2.14. The summed E-state index contributed by atoms with van der Waals surface area (Å²) in [5.74, 6) is 0. The minimum Gasteiger partial charge on any atom is -0.0654 e. The van der Waals surface area contributed by atoms with Crippen LogP contribution >= 0.6 is 0 Å². The molecule has 0 aliphatic heterocycles. The van der Waals surface area contributed by atoms with Crippen LogP contribution in [0.4, 0.5) is 0 Å². The van der Waals surface area contributed by atoms with Crippen molar-refractivity contribution in [3.8, 4) is 0 Å². The highest BCUT2D eigenvalue weighted by molar-refractivity contribution is 5.14. The maximum atomic E-state index is 2.30. The molecule has 0 radical (unpaired) electrons. The fourth-order valence-electron chi connectivity index (χ4n) is 3.70. The van der Waals surface area contributed by atoms with E-state index in [2.05, 4.69) is 37.3 Å². The Morgan fingerprint density at radius 2 is 0.800 bits per heavy atom. The molecule has 0 saturated carbocycles. The molecule has 0 saturated heterocycles. The molecule has 0 amide bonds. The number of aryl methyl sites for hydroxylation is 1. The van der Waals surface area contributed by atoms with E-state index in [4.69, 9.17) is 0 Å². The van der Waals surface area contributed by atoms with Gasteiger partial charge >= 0.3 is 0 Å². The molecule has 25 heavy (non-hydrogen) atoms. The van der Waals surface area contributed by atoms with E-state index in [1.54, 1.807) is 0 Å². The van der Waals surface area contributed by atoms with Crippen LogP contribution in [0.15, 0.2) is 30.3 Å². The Morgan fingerprint density at radius 1 is 0.440 bits per heavy atom. The maximum Gasteiger partial charge on any atom is -0.0279 e. The summed E-state index contributed by atoms with van der Waals surface area (Å²) >= 11 is 0. The fraction of sp³-hybridized carbons (Fsp3) is 0.760. The van der Waals surface area contributed by atoms with E-state index in [1.807, 2.05) is 0 Å². The summed E-state index contributed by atoms with van der Waals surface area (Å²) < 4.78 is 0. The SMILES string of the molecule is CCCCCCCCCCCCCCCCCCCc1ccccc1. The van der Waals surface area contributed by atoms with E-state index in [0.717, 1.165) is 0 Å². The van der Waals surface area contributed by atoms with E-state index < -0.39 is 0 Å². The van der Waals surface area contributed by atoms with Crippen LogP contribution in [0.5, 0.6) is 0 Å². The van der Waals surface area contributed by atoms with Gasteiger partial charge in [-0.15, -0.1) is 0 Å². The number of hydrogen-bond donors (Lipinski definition) is 0. The second kappa shape index (κ2) is 18.0. The van der Waals surface area contributed by atoms with Gasteiger partial charge in [0.05, 0.1) is 0 Å². The van der Waals surface area contributed by atoms with Gasteiger partial charge in [-0.25, -0.2) is 0 Å². The molecule has 0 atom stereocenters. The second-order valence-corrected chi connectivity index (χ2v) is 7.89. The van der Waals surface area contributed by atoms with Gasteiger partial charge in [0.1, 0.15) is 0 Å². The molecule has 0 aliphatic carbocycles. The Balaban J connectivity index is 1.69. The third-order valence-corrected chi connectivity index (χ3v) is 5.41. The molecule has 0 fully saturated rings. The van der Waals surface area contributed by atoms with Crippen molar-refractivity contribution in [2.24, 2.45) is 0 Å². The molecular weight excluding hydrogens is 300 g/mol. The van der Waals surface area contributed by atoms with Gasteiger partial charge in [-0.3, -0.25) is 0 Å². The third-order valence-electron chi connectivity index (χ3n) is 5.41. The van der Waals surface area contributed by atoms with E-state index >= 15 is 0 Å². The molecule has 0 nitrogen and oxygen atoms in total. The molecule has 0 aliphatic rings. The average molecular weight is 345 g/mol. The number of benzene rings is 1. The van der Waals surface area contributed by atoms with Gasteiger partial charge in [0.25, 0.3) is 0 Å². The molecule has 0 N–H and O–H groups in total. The van der Waals surface area contributed by atoms with Crippen molar-refractivity contribution in [2.45, 2.75) is 122 Å². The van der Waals surface area contributed by atoms with Crippen molar-refractivity contribution in [1.29, 1.82) is 0 Å². The monoisotopic (exact) mass is 344 g/mol. The van der Waals surface area contributed by atoms with Crippen molar-refractivity contribution in [3.05, 3.63) is 35.9 Å². The van der Waals surface area contributed by atoms with Gasteiger partial charge in [0.15, 0.2) is 0 Å². The van der Waals surface area contributed by atoms with Gasteiger partial charge in [0.2, 0.25) is 0 Å². The molecule has 0 spiro atoms.